The molecule has 0 aromatic heterocycles. The molecule has 1 aliphatic heterocycles. The Morgan fingerprint density at radius 3 is 3.10 bits per heavy atom. The Labute approximate surface area is 62.8 Å². The summed E-state index contributed by atoms with van der Waals surface area (Å²) in [6.45, 7) is 8.19. The second-order valence-corrected chi connectivity index (χ2v) is 2.76. The van der Waals surface area contributed by atoms with E-state index < -0.39 is 0 Å². The third kappa shape index (κ3) is 1.71. The van der Waals surface area contributed by atoms with Gasteiger partial charge in [0.1, 0.15) is 0 Å². The Morgan fingerprint density at radius 1 is 1.70 bits per heavy atom. The van der Waals surface area contributed by atoms with E-state index in [2.05, 4.69) is 31.0 Å². The topological polar surface area (TPSA) is 12.0 Å². The molecule has 0 aliphatic carbocycles. The first-order chi connectivity index (χ1) is 4.84. The minimum absolute atomic E-state index is 0.631. The van der Waals surface area contributed by atoms with Gasteiger partial charge in [-0.25, -0.2) is 0 Å². The molecule has 0 amide bonds. The Balaban J connectivity index is 2.48. The van der Waals surface area contributed by atoms with Gasteiger partial charge in [0.05, 0.1) is 0 Å². The number of allylic oxidation sites excluding steroid dienone is 2. The van der Waals surface area contributed by atoms with E-state index in [1.165, 1.54) is 12.0 Å². The van der Waals surface area contributed by atoms with Crippen molar-refractivity contribution in [1.29, 1.82) is 0 Å². The van der Waals surface area contributed by atoms with E-state index in [1.54, 1.807) is 0 Å². The molecule has 1 heterocycles. The molecular weight excluding hydrogens is 122 g/mol. The molecule has 1 rings (SSSR count). The first kappa shape index (κ1) is 7.55. The fraction of sp³-hybridized carbons (Fsp3) is 0.556. The van der Waals surface area contributed by atoms with Gasteiger partial charge in [0.2, 0.25) is 0 Å². The summed E-state index contributed by atoms with van der Waals surface area (Å²) in [6, 6.07) is 0. The molecule has 0 spiro atoms. The minimum Gasteiger partial charge on any atom is -0.313 e. The Morgan fingerprint density at radius 2 is 2.50 bits per heavy atom. The van der Waals surface area contributed by atoms with Gasteiger partial charge >= 0.3 is 0 Å². The maximum atomic E-state index is 4.00. The summed E-state index contributed by atoms with van der Waals surface area (Å²) in [6.07, 6.45) is 5.56. The van der Waals surface area contributed by atoms with Crippen molar-refractivity contribution in [2.24, 2.45) is 5.92 Å². The van der Waals surface area contributed by atoms with Crippen molar-refractivity contribution in [3.05, 3.63) is 24.3 Å². The van der Waals surface area contributed by atoms with E-state index in [0.717, 1.165) is 13.1 Å². The van der Waals surface area contributed by atoms with E-state index in [1.807, 2.05) is 0 Å². The number of nitrogens with one attached hydrogen (secondary N) is 1. The third-order valence-corrected chi connectivity index (χ3v) is 1.93. The second-order valence-electron chi connectivity index (χ2n) is 2.76. The van der Waals surface area contributed by atoms with Gasteiger partial charge in [-0.2, -0.15) is 0 Å². The molecule has 1 aliphatic rings. The van der Waals surface area contributed by atoms with Crippen molar-refractivity contribution in [2.75, 3.05) is 13.1 Å². The maximum absolute atomic E-state index is 4.00. The average Bonchev–Trinajstić information content (AvgIpc) is 1.94. The number of hydrogen-bond acceptors (Lipinski definition) is 1. The maximum Gasteiger partial charge on any atom is 0.0167 e. The fourth-order valence-corrected chi connectivity index (χ4v) is 1.31. The van der Waals surface area contributed by atoms with Crippen LogP contribution in [0, 0.1) is 5.92 Å². The zero-order chi connectivity index (χ0) is 7.40. The van der Waals surface area contributed by atoms with Gasteiger partial charge in [-0.15, -0.1) is 0 Å². The van der Waals surface area contributed by atoms with Crippen LogP contribution in [-0.4, -0.2) is 13.1 Å². The average molecular weight is 137 g/mol. The normalized spacial score (nSPS) is 27.7. The van der Waals surface area contributed by atoms with Gasteiger partial charge in [0.25, 0.3) is 0 Å². The molecule has 1 saturated heterocycles. The zero-order valence-electron chi connectivity index (χ0n) is 6.56. The summed E-state index contributed by atoms with van der Waals surface area (Å²) in [5, 5.41) is 3.29. The molecular formula is C9H15N. The van der Waals surface area contributed by atoms with Crippen LogP contribution in [0.5, 0.6) is 0 Å². The minimum atomic E-state index is 0.631. The summed E-state index contributed by atoms with van der Waals surface area (Å²) in [4.78, 5) is 0. The van der Waals surface area contributed by atoms with Crippen LogP contribution < -0.4 is 5.32 Å². The number of rotatable bonds is 1. The highest BCUT2D eigenvalue weighted by atomic mass is 14.9. The quantitative estimate of drug-likeness (QED) is 0.543. The molecule has 10 heavy (non-hydrogen) atoms. The number of piperidine rings is 1. The lowest BCUT2D eigenvalue weighted by molar-refractivity contribution is 0.534. The summed E-state index contributed by atoms with van der Waals surface area (Å²) < 4.78 is 0. The van der Waals surface area contributed by atoms with Crippen LogP contribution in [0.15, 0.2) is 24.3 Å². The van der Waals surface area contributed by atoms with E-state index in [0.29, 0.717) is 5.92 Å². The molecule has 1 fully saturated rings. The molecule has 1 nitrogen and oxygen atoms in total. The Kier molecular flexibility index (Phi) is 2.69. The van der Waals surface area contributed by atoms with Crippen LogP contribution >= 0.6 is 0 Å². The van der Waals surface area contributed by atoms with E-state index >= 15 is 0 Å². The van der Waals surface area contributed by atoms with Crippen molar-refractivity contribution < 1.29 is 0 Å². The summed E-state index contributed by atoms with van der Waals surface area (Å²) in [5.41, 5.74) is 1.32. The molecule has 0 saturated carbocycles. The van der Waals surface area contributed by atoms with Crippen molar-refractivity contribution in [3.8, 4) is 0 Å². The molecule has 1 N–H and O–H groups in total. The van der Waals surface area contributed by atoms with Crippen molar-refractivity contribution >= 4 is 0 Å². The van der Waals surface area contributed by atoms with Gasteiger partial charge in [-0.05, 0) is 25.8 Å². The predicted molar refractivity (Wildman–Crippen MR) is 44.9 cm³/mol. The molecule has 0 aromatic rings. The van der Waals surface area contributed by atoms with Gasteiger partial charge < -0.3 is 5.32 Å². The van der Waals surface area contributed by atoms with E-state index in [4.69, 9.17) is 0 Å². The highest BCUT2D eigenvalue weighted by molar-refractivity contribution is 5.12. The molecule has 1 heteroatoms. The lowest BCUT2D eigenvalue weighted by Gasteiger charge is -2.22. The van der Waals surface area contributed by atoms with Gasteiger partial charge in [0, 0.05) is 6.54 Å². The largest absolute Gasteiger partial charge is 0.313 e. The zero-order valence-corrected chi connectivity index (χ0v) is 6.56. The fourth-order valence-electron chi connectivity index (χ4n) is 1.31. The molecule has 0 radical (unpaired) electrons. The summed E-state index contributed by atoms with van der Waals surface area (Å²) >= 11 is 0. The van der Waals surface area contributed by atoms with E-state index in [-0.39, 0.29) is 0 Å². The standard InChI is InChI=1S/C9H15N/c1-3-4-9-5-6-10-7-8(9)2/h3-4,9-10H,2,5-7H2,1H3/b4-3-. The van der Waals surface area contributed by atoms with Gasteiger partial charge in [0.15, 0.2) is 0 Å². The van der Waals surface area contributed by atoms with E-state index in [9.17, 15) is 0 Å². The lowest BCUT2D eigenvalue weighted by atomic mass is 9.93. The molecule has 0 bridgehead atoms. The second kappa shape index (κ2) is 3.57. The monoisotopic (exact) mass is 137 g/mol. The number of hydrogen-bond donors (Lipinski definition) is 1. The van der Waals surface area contributed by atoms with Crippen molar-refractivity contribution in [3.63, 3.8) is 0 Å². The third-order valence-electron chi connectivity index (χ3n) is 1.93. The van der Waals surface area contributed by atoms with Crippen LogP contribution in [0.4, 0.5) is 0 Å². The smallest absolute Gasteiger partial charge is 0.0167 e. The van der Waals surface area contributed by atoms with Crippen LogP contribution in [0.2, 0.25) is 0 Å². The van der Waals surface area contributed by atoms with Gasteiger partial charge in [-0.1, -0.05) is 24.3 Å². The first-order valence-electron chi connectivity index (χ1n) is 3.86. The Hall–Kier alpha value is -0.560. The predicted octanol–water partition coefficient (Wildman–Crippen LogP) is 1.73. The Bertz CT molecular complexity index is 147. The summed E-state index contributed by atoms with van der Waals surface area (Å²) in [7, 11) is 0. The molecule has 56 valence electrons. The SMILES string of the molecule is C=C1CNCCC1/C=C\C. The van der Waals surface area contributed by atoms with Crippen LogP contribution in [0.3, 0.4) is 0 Å². The van der Waals surface area contributed by atoms with Gasteiger partial charge in [-0.3, -0.25) is 0 Å². The van der Waals surface area contributed by atoms with Crippen molar-refractivity contribution in [1.82, 2.24) is 5.32 Å². The van der Waals surface area contributed by atoms with Crippen LogP contribution in [0.25, 0.3) is 0 Å². The molecule has 1 unspecified atom stereocenters. The highest BCUT2D eigenvalue weighted by Crippen LogP contribution is 2.17. The van der Waals surface area contributed by atoms with Crippen LogP contribution in [-0.2, 0) is 0 Å². The molecule has 1 atom stereocenters. The molecule has 0 aromatic carbocycles. The van der Waals surface area contributed by atoms with Crippen molar-refractivity contribution in [2.45, 2.75) is 13.3 Å². The summed E-state index contributed by atoms with van der Waals surface area (Å²) in [5.74, 6) is 0.631. The van der Waals surface area contributed by atoms with Crippen LogP contribution in [0.1, 0.15) is 13.3 Å². The lowest BCUT2D eigenvalue weighted by Crippen LogP contribution is -2.28. The first-order valence-corrected chi connectivity index (χ1v) is 3.86. The highest BCUT2D eigenvalue weighted by Gasteiger charge is 2.12.